The van der Waals surface area contributed by atoms with E-state index in [1.807, 2.05) is 6.92 Å². The molecule has 1 heterocycles. The Bertz CT molecular complexity index is 669. The van der Waals surface area contributed by atoms with Crippen LogP contribution >= 0.6 is 11.3 Å². The van der Waals surface area contributed by atoms with Crippen LogP contribution in [0.15, 0.2) is 34.6 Å². The minimum Gasteiger partial charge on any atom is -0.370 e. The first-order valence-electron chi connectivity index (χ1n) is 8.78. The summed E-state index contributed by atoms with van der Waals surface area (Å²) < 4.78 is 0. The van der Waals surface area contributed by atoms with Crippen LogP contribution < -0.4 is 11.1 Å². The van der Waals surface area contributed by atoms with Crippen molar-refractivity contribution in [2.75, 3.05) is 6.54 Å². The number of guanidine groups is 1. The largest absolute Gasteiger partial charge is 0.370 e. The average Bonchev–Trinajstić information content (AvgIpc) is 3.03. The summed E-state index contributed by atoms with van der Waals surface area (Å²) in [4.78, 5) is 8.99. The van der Waals surface area contributed by atoms with Crippen LogP contribution in [0.2, 0.25) is 0 Å². The molecule has 0 aliphatic heterocycles. The summed E-state index contributed by atoms with van der Waals surface area (Å²) in [5, 5.41) is 6.56. The molecule has 0 saturated heterocycles. The molecule has 0 bridgehead atoms. The first kappa shape index (κ1) is 17.0. The van der Waals surface area contributed by atoms with Crippen molar-refractivity contribution in [3.05, 3.63) is 40.2 Å². The van der Waals surface area contributed by atoms with Crippen LogP contribution in [0.3, 0.4) is 0 Å². The van der Waals surface area contributed by atoms with Gasteiger partial charge in [-0.3, -0.25) is 4.99 Å². The van der Waals surface area contributed by atoms with E-state index in [-0.39, 0.29) is 0 Å². The van der Waals surface area contributed by atoms with Crippen LogP contribution in [0.25, 0.3) is 11.3 Å². The van der Waals surface area contributed by atoms with Crippen LogP contribution in [-0.4, -0.2) is 23.5 Å². The summed E-state index contributed by atoms with van der Waals surface area (Å²) in [6, 6.07) is 9.10. The van der Waals surface area contributed by atoms with Crippen LogP contribution in [0.4, 0.5) is 0 Å². The first-order chi connectivity index (χ1) is 11.7. The monoisotopic (exact) mass is 342 g/mol. The number of aryl methyl sites for hydroxylation is 1. The second kappa shape index (κ2) is 8.29. The lowest BCUT2D eigenvalue weighted by atomic mass is 9.96. The van der Waals surface area contributed by atoms with Crippen molar-refractivity contribution in [3.63, 3.8) is 0 Å². The normalized spacial score (nSPS) is 16.3. The van der Waals surface area contributed by atoms with Crippen molar-refractivity contribution in [3.8, 4) is 11.3 Å². The first-order valence-corrected chi connectivity index (χ1v) is 9.66. The number of hydrogen-bond acceptors (Lipinski definition) is 3. The van der Waals surface area contributed by atoms with Gasteiger partial charge in [0.15, 0.2) is 5.96 Å². The van der Waals surface area contributed by atoms with Crippen molar-refractivity contribution >= 4 is 17.3 Å². The van der Waals surface area contributed by atoms with Gasteiger partial charge in [-0.2, -0.15) is 0 Å². The van der Waals surface area contributed by atoms with E-state index in [0.29, 0.717) is 12.0 Å². The number of thiazole rings is 1. The summed E-state index contributed by atoms with van der Waals surface area (Å²) >= 11 is 1.68. The minimum absolute atomic E-state index is 0.517. The van der Waals surface area contributed by atoms with Gasteiger partial charge in [0.25, 0.3) is 0 Å². The van der Waals surface area contributed by atoms with E-state index in [1.165, 1.54) is 43.2 Å². The maximum Gasteiger partial charge on any atom is 0.188 e. The summed E-state index contributed by atoms with van der Waals surface area (Å²) in [6.07, 6.45) is 7.29. The molecule has 1 fully saturated rings. The fraction of sp³-hybridized carbons (Fsp3) is 0.474. The molecule has 1 aromatic carbocycles. The average molecular weight is 343 g/mol. The molecule has 5 heteroatoms. The quantitative estimate of drug-likeness (QED) is 0.640. The number of nitrogens with two attached hydrogens (primary N) is 1. The van der Waals surface area contributed by atoms with Gasteiger partial charge in [0, 0.05) is 23.5 Å². The summed E-state index contributed by atoms with van der Waals surface area (Å²) in [6.45, 7) is 2.76. The summed E-state index contributed by atoms with van der Waals surface area (Å²) in [5.41, 5.74) is 9.51. The van der Waals surface area contributed by atoms with Gasteiger partial charge in [0.2, 0.25) is 0 Å². The molecule has 3 N–H and O–H groups in total. The molecule has 3 rings (SSSR count). The molecule has 1 aliphatic carbocycles. The standard InChI is InChI=1S/C19H26N4S/c1-14-22-18(13-24-14)16-9-7-15(8-10-16)11-12-21-19(20)23-17-5-3-2-4-6-17/h7-10,13,17H,2-6,11-12H2,1H3,(H3,20,21,23). The Kier molecular flexibility index (Phi) is 5.86. The van der Waals surface area contributed by atoms with Crippen molar-refractivity contribution in [2.45, 2.75) is 51.5 Å². The topological polar surface area (TPSA) is 63.3 Å². The maximum atomic E-state index is 6.00. The third-order valence-corrected chi connectivity index (χ3v) is 5.28. The zero-order valence-corrected chi connectivity index (χ0v) is 15.1. The highest BCUT2D eigenvalue weighted by atomic mass is 32.1. The van der Waals surface area contributed by atoms with Crippen molar-refractivity contribution in [1.82, 2.24) is 10.3 Å². The Labute approximate surface area is 148 Å². The van der Waals surface area contributed by atoms with Gasteiger partial charge < -0.3 is 11.1 Å². The number of aliphatic imine (C=N–C) groups is 1. The number of nitrogens with zero attached hydrogens (tertiary/aromatic N) is 2. The third kappa shape index (κ3) is 4.81. The van der Waals surface area contributed by atoms with Gasteiger partial charge in [0.1, 0.15) is 0 Å². The highest BCUT2D eigenvalue weighted by molar-refractivity contribution is 7.09. The van der Waals surface area contributed by atoms with E-state index >= 15 is 0 Å². The van der Waals surface area contributed by atoms with Gasteiger partial charge in [-0.15, -0.1) is 11.3 Å². The molecule has 0 radical (unpaired) electrons. The highest BCUT2D eigenvalue weighted by Gasteiger charge is 2.13. The Morgan fingerprint density at radius 1 is 1.25 bits per heavy atom. The number of hydrogen-bond donors (Lipinski definition) is 2. The maximum absolute atomic E-state index is 6.00. The molecule has 0 amide bonds. The molecule has 1 saturated carbocycles. The molecule has 24 heavy (non-hydrogen) atoms. The second-order valence-electron chi connectivity index (χ2n) is 6.44. The lowest BCUT2D eigenvalue weighted by molar-refractivity contribution is 0.412. The molecule has 4 nitrogen and oxygen atoms in total. The van der Waals surface area contributed by atoms with E-state index in [4.69, 9.17) is 5.73 Å². The van der Waals surface area contributed by atoms with E-state index in [0.717, 1.165) is 23.7 Å². The fourth-order valence-electron chi connectivity index (χ4n) is 3.15. The van der Waals surface area contributed by atoms with E-state index in [1.54, 1.807) is 11.3 Å². The van der Waals surface area contributed by atoms with Crippen LogP contribution in [0.5, 0.6) is 0 Å². The Morgan fingerprint density at radius 3 is 2.67 bits per heavy atom. The fourth-order valence-corrected chi connectivity index (χ4v) is 3.77. The van der Waals surface area contributed by atoms with E-state index in [9.17, 15) is 0 Å². The summed E-state index contributed by atoms with van der Waals surface area (Å²) in [5.74, 6) is 0.594. The lowest BCUT2D eigenvalue weighted by Crippen LogP contribution is -2.41. The zero-order chi connectivity index (χ0) is 16.8. The highest BCUT2D eigenvalue weighted by Crippen LogP contribution is 2.22. The Balaban J connectivity index is 1.48. The molecule has 0 atom stereocenters. The summed E-state index contributed by atoms with van der Waals surface area (Å²) in [7, 11) is 0. The molecular formula is C19H26N4S. The predicted octanol–water partition coefficient (Wildman–Crippen LogP) is 3.90. The van der Waals surface area contributed by atoms with Crippen LogP contribution in [0.1, 0.15) is 42.7 Å². The third-order valence-electron chi connectivity index (χ3n) is 4.51. The molecule has 0 spiro atoms. The van der Waals surface area contributed by atoms with Crippen LogP contribution in [0, 0.1) is 6.92 Å². The van der Waals surface area contributed by atoms with Crippen LogP contribution in [-0.2, 0) is 6.42 Å². The molecule has 2 aromatic rings. The smallest absolute Gasteiger partial charge is 0.188 e. The van der Waals surface area contributed by atoms with Crippen molar-refractivity contribution < 1.29 is 0 Å². The Hall–Kier alpha value is -1.88. The van der Waals surface area contributed by atoms with Crippen molar-refractivity contribution in [1.29, 1.82) is 0 Å². The van der Waals surface area contributed by atoms with Gasteiger partial charge in [0.05, 0.1) is 10.7 Å². The molecule has 128 valence electrons. The molecule has 1 aromatic heterocycles. The van der Waals surface area contributed by atoms with E-state index < -0.39 is 0 Å². The second-order valence-corrected chi connectivity index (χ2v) is 7.51. The SMILES string of the molecule is Cc1nc(-c2ccc(CCN=C(N)NC3CCCCC3)cc2)cs1. The number of nitrogens with one attached hydrogen (secondary N) is 1. The molecule has 1 aliphatic rings. The zero-order valence-electron chi connectivity index (χ0n) is 14.3. The lowest BCUT2D eigenvalue weighted by Gasteiger charge is -2.23. The van der Waals surface area contributed by atoms with Crippen molar-refractivity contribution in [2.24, 2.45) is 10.7 Å². The molecule has 0 unspecified atom stereocenters. The predicted molar refractivity (Wildman–Crippen MR) is 102 cm³/mol. The van der Waals surface area contributed by atoms with Gasteiger partial charge in [-0.25, -0.2) is 4.98 Å². The molecular weight excluding hydrogens is 316 g/mol. The number of benzene rings is 1. The van der Waals surface area contributed by atoms with Gasteiger partial charge in [-0.1, -0.05) is 43.5 Å². The van der Waals surface area contributed by atoms with E-state index in [2.05, 4.69) is 44.9 Å². The number of aromatic nitrogens is 1. The number of rotatable bonds is 5. The minimum atomic E-state index is 0.517. The Morgan fingerprint density at radius 2 is 2.00 bits per heavy atom. The van der Waals surface area contributed by atoms with Gasteiger partial charge >= 0.3 is 0 Å². The van der Waals surface area contributed by atoms with Gasteiger partial charge in [-0.05, 0) is 31.7 Å².